The Balaban J connectivity index is 2.03. The second-order valence-corrected chi connectivity index (χ2v) is 5.77. The first-order chi connectivity index (χ1) is 11.4. The highest BCUT2D eigenvalue weighted by Gasteiger charge is 2.32. The Labute approximate surface area is 141 Å². The summed E-state index contributed by atoms with van der Waals surface area (Å²) in [4.78, 5) is 0. The van der Waals surface area contributed by atoms with Gasteiger partial charge in [0.15, 0.2) is 0 Å². The molecule has 7 heteroatoms. The summed E-state index contributed by atoms with van der Waals surface area (Å²) in [5.41, 5.74) is 1.59. The van der Waals surface area contributed by atoms with Gasteiger partial charge >= 0.3 is 6.18 Å². The number of alkyl halides is 3. The lowest BCUT2D eigenvalue weighted by atomic mass is 10.1. The van der Waals surface area contributed by atoms with Gasteiger partial charge in [0.25, 0.3) is 0 Å². The van der Waals surface area contributed by atoms with Crippen molar-refractivity contribution in [1.29, 1.82) is 0 Å². The quantitative estimate of drug-likeness (QED) is 0.679. The monoisotopic (exact) mass is 351 g/mol. The lowest BCUT2D eigenvalue weighted by molar-refractivity contribution is -0.128. The van der Waals surface area contributed by atoms with Gasteiger partial charge in [-0.3, -0.25) is 0 Å². The van der Waals surface area contributed by atoms with Gasteiger partial charge in [-0.2, -0.15) is 13.2 Å². The lowest BCUT2D eigenvalue weighted by Gasteiger charge is -2.11. The Kier molecular flexibility index (Phi) is 4.57. The summed E-state index contributed by atoms with van der Waals surface area (Å²) < 4.78 is 40.3. The number of rotatable bonds is 4. The molecule has 0 aliphatic rings. The van der Waals surface area contributed by atoms with E-state index in [1.54, 1.807) is 24.3 Å². The van der Waals surface area contributed by atoms with E-state index in [1.807, 2.05) is 30.3 Å². The molecule has 124 valence electrons. The van der Waals surface area contributed by atoms with E-state index in [1.165, 1.54) is 4.68 Å². The number of nitrogens with zero attached hydrogens (tertiary/aromatic N) is 3. The van der Waals surface area contributed by atoms with Crippen LogP contribution >= 0.6 is 11.6 Å². The summed E-state index contributed by atoms with van der Waals surface area (Å²) >= 11 is 5.94. The Bertz CT molecular complexity index is 829. The largest absolute Gasteiger partial charge is 0.394 e. The SMILES string of the molecule is FC(F)(F)Cc1c(-c2cccc(Cl)c2)nnn1Cc1ccccc1. The maximum absolute atomic E-state index is 13.0. The molecule has 0 aliphatic heterocycles. The van der Waals surface area contributed by atoms with Gasteiger partial charge in [0.2, 0.25) is 0 Å². The third-order valence-corrected chi connectivity index (χ3v) is 3.71. The zero-order valence-corrected chi connectivity index (χ0v) is 13.2. The first kappa shape index (κ1) is 16.5. The van der Waals surface area contributed by atoms with Crippen molar-refractivity contribution in [1.82, 2.24) is 15.0 Å². The fourth-order valence-corrected chi connectivity index (χ4v) is 2.63. The molecule has 3 aromatic rings. The molecular formula is C17H13ClF3N3. The molecule has 0 aliphatic carbocycles. The fraction of sp³-hybridized carbons (Fsp3) is 0.176. The van der Waals surface area contributed by atoms with Gasteiger partial charge in [0.1, 0.15) is 5.69 Å². The van der Waals surface area contributed by atoms with E-state index in [0.29, 0.717) is 10.6 Å². The highest BCUT2D eigenvalue weighted by Crippen LogP contribution is 2.29. The van der Waals surface area contributed by atoms with E-state index >= 15 is 0 Å². The standard InChI is InChI=1S/C17H13ClF3N3/c18-14-8-4-7-13(9-14)16-15(10-17(19,20)21)24(23-22-16)11-12-5-2-1-3-6-12/h1-9H,10-11H2. The Hall–Kier alpha value is -2.34. The molecule has 0 fully saturated rings. The van der Waals surface area contributed by atoms with Crippen LogP contribution in [0.5, 0.6) is 0 Å². The number of hydrogen-bond acceptors (Lipinski definition) is 2. The van der Waals surface area contributed by atoms with Crippen molar-refractivity contribution < 1.29 is 13.2 Å². The van der Waals surface area contributed by atoms with Gasteiger partial charge in [0, 0.05) is 10.6 Å². The summed E-state index contributed by atoms with van der Waals surface area (Å²) in [6.45, 7) is 0.222. The molecule has 2 aromatic carbocycles. The molecule has 3 nitrogen and oxygen atoms in total. The van der Waals surface area contributed by atoms with E-state index in [4.69, 9.17) is 11.6 Å². The first-order valence-electron chi connectivity index (χ1n) is 7.21. The minimum atomic E-state index is -4.36. The molecular weight excluding hydrogens is 339 g/mol. The molecule has 0 bridgehead atoms. The predicted molar refractivity (Wildman–Crippen MR) is 85.8 cm³/mol. The number of benzene rings is 2. The van der Waals surface area contributed by atoms with Crippen molar-refractivity contribution in [3.63, 3.8) is 0 Å². The van der Waals surface area contributed by atoms with Gasteiger partial charge in [-0.1, -0.05) is 59.3 Å². The van der Waals surface area contributed by atoms with Crippen LogP contribution in [0.15, 0.2) is 54.6 Å². The zero-order valence-electron chi connectivity index (χ0n) is 12.5. The maximum Gasteiger partial charge on any atom is 0.394 e. The van der Waals surface area contributed by atoms with E-state index in [-0.39, 0.29) is 17.9 Å². The smallest absolute Gasteiger partial charge is 0.244 e. The highest BCUT2D eigenvalue weighted by molar-refractivity contribution is 6.30. The van der Waals surface area contributed by atoms with Gasteiger partial charge in [-0.15, -0.1) is 5.10 Å². The maximum atomic E-state index is 13.0. The zero-order chi connectivity index (χ0) is 17.2. The lowest BCUT2D eigenvalue weighted by Crippen LogP contribution is -2.17. The van der Waals surface area contributed by atoms with Gasteiger partial charge in [-0.05, 0) is 17.7 Å². The minimum Gasteiger partial charge on any atom is -0.244 e. The van der Waals surface area contributed by atoms with Crippen molar-refractivity contribution >= 4 is 11.6 Å². The Morgan fingerprint density at radius 2 is 1.75 bits per heavy atom. The minimum absolute atomic E-state index is 0.0219. The molecule has 0 unspecified atom stereocenters. The molecule has 0 amide bonds. The molecule has 0 radical (unpaired) electrons. The van der Waals surface area contributed by atoms with E-state index < -0.39 is 12.6 Å². The molecule has 0 spiro atoms. The second kappa shape index (κ2) is 6.65. The van der Waals surface area contributed by atoms with E-state index in [0.717, 1.165) is 5.56 Å². The average molecular weight is 352 g/mol. The van der Waals surface area contributed by atoms with Crippen LogP contribution < -0.4 is 0 Å². The van der Waals surface area contributed by atoms with Gasteiger partial charge in [0.05, 0.1) is 18.7 Å². The first-order valence-corrected chi connectivity index (χ1v) is 7.59. The highest BCUT2D eigenvalue weighted by atomic mass is 35.5. The Morgan fingerprint density at radius 1 is 1.00 bits per heavy atom. The fourth-order valence-electron chi connectivity index (χ4n) is 2.44. The van der Waals surface area contributed by atoms with Crippen molar-refractivity contribution in [2.75, 3.05) is 0 Å². The van der Waals surface area contributed by atoms with Crippen LogP contribution in [0.25, 0.3) is 11.3 Å². The third-order valence-electron chi connectivity index (χ3n) is 3.48. The number of hydrogen-bond donors (Lipinski definition) is 0. The number of halogens is 4. The van der Waals surface area contributed by atoms with Crippen molar-refractivity contribution in [2.24, 2.45) is 0 Å². The van der Waals surface area contributed by atoms with E-state index in [2.05, 4.69) is 10.3 Å². The molecule has 24 heavy (non-hydrogen) atoms. The molecule has 1 heterocycles. The number of aromatic nitrogens is 3. The van der Waals surface area contributed by atoms with Gasteiger partial charge < -0.3 is 0 Å². The predicted octanol–water partition coefficient (Wildman–Crippen LogP) is 4.75. The molecule has 3 rings (SSSR count). The van der Waals surface area contributed by atoms with Crippen LogP contribution in [0.3, 0.4) is 0 Å². The molecule has 0 N–H and O–H groups in total. The molecule has 1 aromatic heterocycles. The molecule has 0 atom stereocenters. The molecule has 0 saturated carbocycles. The summed E-state index contributed by atoms with van der Waals surface area (Å²) in [7, 11) is 0. The summed E-state index contributed by atoms with van der Waals surface area (Å²) in [6.07, 6.45) is -5.46. The Morgan fingerprint density at radius 3 is 2.42 bits per heavy atom. The normalized spacial score (nSPS) is 11.7. The third kappa shape index (κ3) is 3.94. The summed E-state index contributed by atoms with van der Waals surface area (Å²) in [6, 6.07) is 15.7. The van der Waals surface area contributed by atoms with Crippen molar-refractivity contribution in [3.05, 3.63) is 70.9 Å². The van der Waals surface area contributed by atoms with Crippen LogP contribution in [0, 0.1) is 0 Å². The van der Waals surface area contributed by atoms with Crippen molar-refractivity contribution in [2.45, 2.75) is 19.1 Å². The van der Waals surface area contributed by atoms with Crippen LogP contribution in [-0.2, 0) is 13.0 Å². The van der Waals surface area contributed by atoms with Crippen LogP contribution in [-0.4, -0.2) is 21.2 Å². The average Bonchev–Trinajstić information content (AvgIpc) is 2.89. The van der Waals surface area contributed by atoms with Crippen LogP contribution in [0.2, 0.25) is 5.02 Å². The van der Waals surface area contributed by atoms with Crippen LogP contribution in [0.4, 0.5) is 13.2 Å². The van der Waals surface area contributed by atoms with E-state index in [9.17, 15) is 13.2 Å². The summed E-state index contributed by atoms with van der Waals surface area (Å²) in [5, 5.41) is 8.32. The topological polar surface area (TPSA) is 30.7 Å². The molecule has 0 saturated heterocycles. The second-order valence-electron chi connectivity index (χ2n) is 5.33. The van der Waals surface area contributed by atoms with Crippen LogP contribution in [0.1, 0.15) is 11.3 Å². The summed E-state index contributed by atoms with van der Waals surface area (Å²) in [5.74, 6) is 0. The van der Waals surface area contributed by atoms with Gasteiger partial charge in [-0.25, -0.2) is 4.68 Å². The van der Waals surface area contributed by atoms with Crippen molar-refractivity contribution in [3.8, 4) is 11.3 Å².